The summed E-state index contributed by atoms with van der Waals surface area (Å²) in [6, 6.07) is 5.81. The lowest BCUT2D eigenvalue weighted by atomic mass is 10.1. The molecule has 0 spiro atoms. The second-order valence-electron chi connectivity index (χ2n) is 4.40. The van der Waals surface area contributed by atoms with E-state index in [1.165, 1.54) is 0 Å². The van der Waals surface area contributed by atoms with E-state index in [4.69, 9.17) is 4.74 Å². The molecule has 1 atom stereocenters. The summed E-state index contributed by atoms with van der Waals surface area (Å²) in [6.45, 7) is 4.56. The lowest BCUT2D eigenvalue weighted by Gasteiger charge is -2.34. The van der Waals surface area contributed by atoms with Gasteiger partial charge in [-0.3, -0.25) is 4.79 Å². The molecule has 1 aliphatic rings. The van der Waals surface area contributed by atoms with Gasteiger partial charge >= 0.3 is 0 Å². The molecular weight excluding hydrogens is 379 g/mol. The van der Waals surface area contributed by atoms with Crippen LogP contribution >= 0.6 is 35.0 Å². The Morgan fingerprint density at radius 3 is 2.84 bits per heavy atom. The summed E-state index contributed by atoms with van der Waals surface area (Å²) in [7, 11) is 1.63. The maximum absolute atomic E-state index is 12.5. The number of piperazine rings is 1. The first-order valence-corrected chi connectivity index (χ1v) is 7.06. The third kappa shape index (κ3) is 3.73. The maximum Gasteiger partial charge on any atom is 0.255 e. The molecule has 1 aliphatic heterocycles. The highest BCUT2D eigenvalue weighted by Gasteiger charge is 2.25. The van der Waals surface area contributed by atoms with Gasteiger partial charge in [0.2, 0.25) is 0 Å². The monoisotopic (exact) mass is 396 g/mol. The summed E-state index contributed by atoms with van der Waals surface area (Å²) in [5, 5.41) is 3.29. The molecule has 1 aromatic rings. The summed E-state index contributed by atoms with van der Waals surface area (Å²) >= 11 is 2.18. The zero-order valence-corrected chi connectivity index (χ0v) is 14.0. The van der Waals surface area contributed by atoms with Crippen LogP contribution in [0.15, 0.2) is 18.2 Å². The molecule has 4 nitrogen and oxygen atoms in total. The van der Waals surface area contributed by atoms with Crippen LogP contribution in [0.3, 0.4) is 0 Å². The molecule has 1 heterocycles. The van der Waals surface area contributed by atoms with E-state index in [1.807, 2.05) is 23.1 Å². The molecule has 1 fully saturated rings. The van der Waals surface area contributed by atoms with Crippen LogP contribution in [0.5, 0.6) is 5.75 Å². The summed E-state index contributed by atoms with van der Waals surface area (Å²) < 4.78 is 6.09. The standard InChI is InChI=1S/C13H17IN2O2.ClH/c1-9-8-15-5-6-16(9)13(17)11-4-3-10(18-2)7-12(11)14;/h3-4,7,9,15H,5-6,8H2,1-2H3;1H. The largest absolute Gasteiger partial charge is 0.497 e. The van der Waals surface area contributed by atoms with Crippen molar-refractivity contribution in [2.24, 2.45) is 0 Å². The molecule has 1 unspecified atom stereocenters. The predicted molar refractivity (Wildman–Crippen MR) is 86.3 cm³/mol. The average Bonchev–Trinajstić information content (AvgIpc) is 2.38. The van der Waals surface area contributed by atoms with Crippen molar-refractivity contribution >= 4 is 40.9 Å². The van der Waals surface area contributed by atoms with Crippen LogP contribution in [0.25, 0.3) is 0 Å². The van der Waals surface area contributed by atoms with Gasteiger partial charge in [0.1, 0.15) is 5.75 Å². The molecule has 0 aromatic heterocycles. The molecule has 1 aromatic carbocycles. The Hall–Kier alpha value is -0.530. The first kappa shape index (κ1) is 16.5. The number of methoxy groups -OCH3 is 1. The van der Waals surface area contributed by atoms with E-state index in [0.717, 1.165) is 34.5 Å². The molecular formula is C13H18ClIN2O2. The Morgan fingerprint density at radius 2 is 2.26 bits per heavy atom. The fourth-order valence-corrected chi connectivity index (χ4v) is 2.81. The average molecular weight is 397 g/mol. The van der Waals surface area contributed by atoms with E-state index in [0.29, 0.717) is 0 Å². The Balaban J connectivity index is 0.00000180. The highest BCUT2D eigenvalue weighted by atomic mass is 127. The molecule has 0 saturated carbocycles. The number of rotatable bonds is 2. The lowest BCUT2D eigenvalue weighted by molar-refractivity contribution is 0.0654. The zero-order valence-electron chi connectivity index (χ0n) is 11.0. The molecule has 1 N–H and O–H groups in total. The maximum atomic E-state index is 12.5. The van der Waals surface area contributed by atoms with Crippen molar-refractivity contribution in [3.63, 3.8) is 0 Å². The smallest absolute Gasteiger partial charge is 0.255 e. The van der Waals surface area contributed by atoms with Crippen molar-refractivity contribution in [1.29, 1.82) is 0 Å². The quantitative estimate of drug-likeness (QED) is 0.779. The minimum atomic E-state index is 0. The van der Waals surface area contributed by atoms with Gasteiger partial charge in [-0.1, -0.05) is 0 Å². The van der Waals surface area contributed by atoms with Gasteiger partial charge in [0.25, 0.3) is 5.91 Å². The minimum Gasteiger partial charge on any atom is -0.497 e. The van der Waals surface area contributed by atoms with E-state index in [2.05, 4.69) is 34.8 Å². The van der Waals surface area contributed by atoms with E-state index < -0.39 is 0 Å². The highest BCUT2D eigenvalue weighted by Crippen LogP contribution is 2.21. The Kier molecular flexibility index (Phi) is 6.35. The third-order valence-electron chi connectivity index (χ3n) is 3.17. The SMILES string of the molecule is COc1ccc(C(=O)N2CCNCC2C)c(I)c1.Cl. The van der Waals surface area contributed by atoms with Crippen LogP contribution in [0.2, 0.25) is 0 Å². The summed E-state index contributed by atoms with van der Waals surface area (Å²) in [5.41, 5.74) is 0.755. The lowest BCUT2D eigenvalue weighted by Crippen LogP contribution is -2.52. The van der Waals surface area contributed by atoms with Gasteiger partial charge in [-0.05, 0) is 47.7 Å². The Morgan fingerprint density at radius 1 is 1.53 bits per heavy atom. The van der Waals surface area contributed by atoms with Crippen LogP contribution < -0.4 is 10.1 Å². The normalized spacial score (nSPS) is 18.7. The molecule has 106 valence electrons. The van der Waals surface area contributed by atoms with Crippen molar-refractivity contribution in [3.05, 3.63) is 27.3 Å². The summed E-state index contributed by atoms with van der Waals surface area (Å²) in [6.07, 6.45) is 0. The van der Waals surface area contributed by atoms with Crippen molar-refractivity contribution in [3.8, 4) is 5.75 Å². The first-order chi connectivity index (χ1) is 8.63. The van der Waals surface area contributed by atoms with Crippen molar-refractivity contribution < 1.29 is 9.53 Å². The number of carbonyl (C=O) groups excluding carboxylic acids is 1. The van der Waals surface area contributed by atoms with Gasteiger partial charge in [0, 0.05) is 29.2 Å². The fourth-order valence-electron chi connectivity index (χ4n) is 2.09. The first-order valence-electron chi connectivity index (χ1n) is 5.98. The fraction of sp³-hybridized carbons (Fsp3) is 0.462. The van der Waals surface area contributed by atoms with E-state index in [-0.39, 0.29) is 24.4 Å². The van der Waals surface area contributed by atoms with Crippen molar-refractivity contribution in [2.75, 3.05) is 26.7 Å². The number of hydrogen-bond acceptors (Lipinski definition) is 3. The molecule has 0 radical (unpaired) electrons. The molecule has 19 heavy (non-hydrogen) atoms. The second kappa shape index (κ2) is 7.31. The molecule has 6 heteroatoms. The van der Waals surface area contributed by atoms with Crippen molar-refractivity contribution in [1.82, 2.24) is 10.2 Å². The predicted octanol–water partition coefficient (Wildman–Crippen LogP) is 2.16. The molecule has 1 saturated heterocycles. The van der Waals surface area contributed by atoms with E-state index in [9.17, 15) is 4.79 Å². The van der Waals surface area contributed by atoms with Gasteiger partial charge in [0.05, 0.1) is 12.7 Å². The second-order valence-corrected chi connectivity index (χ2v) is 5.56. The summed E-state index contributed by atoms with van der Waals surface area (Å²) in [5.74, 6) is 0.889. The van der Waals surface area contributed by atoms with Gasteiger partial charge < -0.3 is 15.0 Å². The van der Waals surface area contributed by atoms with Crippen molar-refractivity contribution in [2.45, 2.75) is 13.0 Å². The van der Waals surface area contributed by atoms with Crippen LogP contribution in [0.4, 0.5) is 0 Å². The van der Waals surface area contributed by atoms with Crippen LogP contribution in [0.1, 0.15) is 17.3 Å². The van der Waals surface area contributed by atoms with E-state index >= 15 is 0 Å². The van der Waals surface area contributed by atoms with Gasteiger partial charge in [-0.2, -0.15) is 0 Å². The number of ether oxygens (including phenoxy) is 1. The van der Waals surface area contributed by atoms with Crippen LogP contribution in [0, 0.1) is 3.57 Å². The van der Waals surface area contributed by atoms with Gasteiger partial charge in [-0.15, -0.1) is 12.4 Å². The highest BCUT2D eigenvalue weighted by molar-refractivity contribution is 14.1. The number of benzene rings is 1. The van der Waals surface area contributed by atoms with Crippen LogP contribution in [-0.4, -0.2) is 43.6 Å². The summed E-state index contributed by atoms with van der Waals surface area (Å²) in [4.78, 5) is 14.4. The number of amides is 1. The van der Waals surface area contributed by atoms with Gasteiger partial charge in [0.15, 0.2) is 0 Å². The number of halogens is 2. The van der Waals surface area contributed by atoms with E-state index in [1.54, 1.807) is 7.11 Å². The number of nitrogens with zero attached hydrogens (tertiary/aromatic N) is 1. The zero-order chi connectivity index (χ0) is 13.1. The molecule has 1 amide bonds. The number of carbonyl (C=O) groups is 1. The molecule has 2 rings (SSSR count). The van der Waals surface area contributed by atoms with Gasteiger partial charge in [-0.25, -0.2) is 0 Å². The van der Waals surface area contributed by atoms with Crippen LogP contribution in [-0.2, 0) is 0 Å². The molecule has 0 bridgehead atoms. The number of nitrogens with one attached hydrogen (secondary N) is 1. The minimum absolute atomic E-state index is 0. The third-order valence-corrected chi connectivity index (χ3v) is 4.06. The Labute approximate surface area is 133 Å². The topological polar surface area (TPSA) is 41.6 Å². The number of hydrogen-bond donors (Lipinski definition) is 1. The Bertz CT molecular complexity index is 456. The molecule has 0 aliphatic carbocycles.